The van der Waals surface area contributed by atoms with Crippen LogP contribution < -0.4 is 4.90 Å². The van der Waals surface area contributed by atoms with E-state index in [2.05, 4.69) is 18.2 Å². The van der Waals surface area contributed by atoms with E-state index in [1.807, 2.05) is 11.8 Å². The lowest BCUT2D eigenvalue weighted by Crippen LogP contribution is -2.58. The predicted octanol–water partition coefficient (Wildman–Crippen LogP) is 2.15. The fraction of sp³-hybridized carbons (Fsp3) is 0.556. The van der Waals surface area contributed by atoms with Crippen LogP contribution in [0.2, 0.25) is 0 Å². The van der Waals surface area contributed by atoms with E-state index in [0.29, 0.717) is 13.1 Å². The molecule has 0 bridgehead atoms. The molecule has 2 fully saturated rings. The standard InChI is InChI=1S/C18H22N2O2/c1-12-17(21)20(10-9-19(12)18(22)14-5-6-14)16-8-7-13-3-2-4-15(13)11-16/h7-8,11-12,14H,2-6,9-10H2,1H3. The normalized spacial score (nSPS) is 24.6. The minimum Gasteiger partial charge on any atom is -0.329 e. The van der Waals surface area contributed by atoms with Crippen molar-refractivity contribution in [2.75, 3.05) is 18.0 Å². The first-order valence-electron chi connectivity index (χ1n) is 8.39. The third-order valence-corrected chi connectivity index (χ3v) is 5.26. The molecule has 4 rings (SSSR count). The number of rotatable bonds is 2. The summed E-state index contributed by atoms with van der Waals surface area (Å²) < 4.78 is 0. The molecule has 22 heavy (non-hydrogen) atoms. The van der Waals surface area contributed by atoms with Crippen LogP contribution in [0.3, 0.4) is 0 Å². The molecular formula is C18H22N2O2. The molecule has 1 aromatic carbocycles. The molecule has 1 unspecified atom stereocenters. The molecule has 1 heterocycles. The van der Waals surface area contributed by atoms with Gasteiger partial charge >= 0.3 is 0 Å². The smallest absolute Gasteiger partial charge is 0.249 e. The maximum absolute atomic E-state index is 12.7. The van der Waals surface area contributed by atoms with Gasteiger partial charge in [0.05, 0.1) is 0 Å². The molecule has 0 radical (unpaired) electrons. The van der Waals surface area contributed by atoms with Crippen molar-refractivity contribution in [3.05, 3.63) is 29.3 Å². The maximum Gasteiger partial charge on any atom is 0.249 e. The molecule has 1 saturated carbocycles. The number of amides is 2. The molecule has 0 spiro atoms. The number of fused-ring (bicyclic) bond motifs is 1. The summed E-state index contributed by atoms with van der Waals surface area (Å²) in [5, 5.41) is 0. The number of nitrogens with zero attached hydrogens (tertiary/aromatic N) is 2. The zero-order chi connectivity index (χ0) is 15.3. The number of hydrogen-bond acceptors (Lipinski definition) is 2. The van der Waals surface area contributed by atoms with Crippen molar-refractivity contribution < 1.29 is 9.59 Å². The average Bonchev–Trinajstić information content (AvgIpc) is 3.27. The van der Waals surface area contributed by atoms with Crippen molar-refractivity contribution in [2.45, 2.75) is 45.1 Å². The van der Waals surface area contributed by atoms with Gasteiger partial charge in [-0.25, -0.2) is 0 Å². The van der Waals surface area contributed by atoms with Crippen molar-refractivity contribution >= 4 is 17.5 Å². The van der Waals surface area contributed by atoms with Crippen LogP contribution >= 0.6 is 0 Å². The second kappa shape index (κ2) is 5.11. The Labute approximate surface area is 131 Å². The van der Waals surface area contributed by atoms with Crippen LogP contribution in [0.5, 0.6) is 0 Å². The highest BCUT2D eigenvalue weighted by Gasteiger charge is 2.40. The van der Waals surface area contributed by atoms with Gasteiger partial charge in [-0.05, 0) is 62.3 Å². The highest BCUT2D eigenvalue weighted by atomic mass is 16.2. The zero-order valence-corrected chi connectivity index (χ0v) is 13.0. The van der Waals surface area contributed by atoms with Crippen LogP contribution in [0, 0.1) is 5.92 Å². The lowest BCUT2D eigenvalue weighted by Gasteiger charge is -2.39. The monoisotopic (exact) mass is 298 g/mol. The lowest BCUT2D eigenvalue weighted by atomic mass is 10.1. The second-order valence-corrected chi connectivity index (χ2v) is 6.78. The van der Waals surface area contributed by atoms with Crippen LogP contribution in [0.25, 0.3) is 0 Å². The molecule has 1 aromatic rings. The van der Waals surface area contributed by atoms with E-state index in [9.17, 15) is 9.59 Å². The maximum atomic E-state index is 12.7. The highest BCUT2D eigenvalue weighted by molar-refractivity contribution is 6.00. The Morgan fingerprint density at radius 3 is 2.68 bits per heavy atom. The fourth-order valence-electron chi connectivity index (χ4n) is 3.72. The van der Waals surface area contributed by atoms with Gasteiger partial charge in [0.15, 0.2) is 0 Å². The van der Waals surface area contributed by atoms with E-state index < -0.39 is 0 Å². The summed E-state index contributed by atoms with van der Waals surface area (Å²) >= 11 is 0. The summed E-state index contributed by atoms with van der Waals surface area (Å²) in [6.45, 7) is 3.13. The molecule has 116 valence electrons. The second-order valence-electron chi connectivity index (χ2n) is 6.78. The summed E-state index contributed by atoms with van der Waals surface area (Å²) in [7, 11) is 0. The molecule has 4 nitrogen and oxygen atoms in total. The molecule has 1 atom stereocenters. The molecule has 0 aromatic heterocycles. The topological polar surface area (TPSA) is 40.6 Å². The molecule has 2 amide bonds. The number of anilines is 1. The van der Waals surface area contributed by atoms with Gasteiger partial charge in [-0.15, -0.1) is 0 Å². The largest absolute Gasteiger partial charge is 0.329 e. The minimum absolute atomic E-state index is 0.0539. The average molecular weight is 298 g/mol. The Balaban J connectivity index is 1.54. The van der Waals surface area contributed by atoms with Crippen LogP contribution in [-0.4, -0.2) is 35.8 Å². The number of hydrogen-bond donors (Lipinski definition) is 0. The highest BCUT2D eigenvalue weighted by Crippen LogP contribution is 2.33. The zero-order valence-electron chi connectivity index (χ0n) is 13.0. The number of carbonyl (C=O) groups excluding carboxylic acids is 2. The van der Waals surface area contributed by atoms with Crippen molar-refractivity contribution in [3.63, 3.8) is 0 Å². The van der Waals surface area contributed by atoms with E-state index in [1.54, 1.807) is 4.90 Å². The predicted molar refractivity (Wildman–Crippen MR) is 84.7 cm³/mol. The SMILES string of the molecule is CC1C(=O)N(c2ccc3c(c2)CCC3)CCN1C(=O)C1CC1. The molecule has 2 aliphatic carbocycles. The fourth-order valence-corrected chi connectivity index (χ4v) is 3.72. The van der Waals surface area contributed by atoms with Gasteiger partial charge in [-0.1, -0.05) is 6.07 Å². The molecule has 0 N–H and O–H groups in total. The Kier molecular flexibility index (Phi) is 3.21. The first kappa shape index (κ1) is 13.8. The Morgan fingerprint density at radius 2 is 1.91 bits per heavy atom. The molecular weight excluding hydrogens is 276 g/mol. The van der Waals surface area contributed by atoms with Crippen LogP contribution in [-0.2, 0) is 22.4 Å². The summed E-state index contributed by atoms with van der Waals surface area (Å²) in [4.78, 5) is 28.6. The Morgan fingerprint density at radius 1 is 1.14 bits per heavy atom. The van der Waals surface area contributed by atoms with Crippen LogP contribution in [0.15, 0.2) is 18.2 Å². The third-order valence-electron chi connectivity index (χ3n) is 5.26. The first-order valence-corrected chi connectivity index (χ1v) is 8.39. The minimum atomic E-state index is -0.338. The van der Waals surface area contributed by atoms with Crippen molar-refractivity contribution in [3.8, 4) is 0 Å². The van der Waals surface area contributed by atoms with E-state index in [4.69, 9.17) is 0 Å². The number of benzene rings is 1. The lowest BCUT2D eigenvalue weighted by molar-refractivity contribution is -0.141. The molecule has 4 heteroatoms. The summed E-state index contributed by atoms with van der Waals surface area (Å²) in [6, 6.07) is 6.06. The van der Waals surface area contributed by atoms with E-state index in [1.165, 1.54) is 17.5 Å². The number of carbonyl (C=O) groups is 2. The Hall–Kier alpha value is -1.84. The molecule has 3 aliphatic rings. The van der Waals surface area contributed by atoms with Crippen molar-refractivity contribution in [1.29, 1.82) is 0 Å². The Bertz CT molecular complexity index is 636. The van der Waals surface area contributed by atoms with Gasteiger partial charge < -0.3 is 9.80 Å². The van der Waals surface area contributed by atoms with E-state index in [-0.39, 0.29) is 23.8 Å². The van der Waals surface area contributed by atoms with Gasteiger partial charge in [-0.2, -0.15) is 0 Å². The van der Waals surface area contributed by atoms with E-state index >= 15 is 0 Å². The first-order chi connectivity index (χ1) is 10.6. The van der Waals surface area contributed by atoms with Gasteiger partial charge in [0.25, 0.3) is 0 Å². The molecule has 1 saturated heterocycles. The summed E-state index contributed by atoms with van der Waals surface area (Å²) in [6.07, 6.45) is 5.47. The number of piperazine rings is 1. The quantitative estimate of drug-likeness (QED) is 0.839. The summed E-state index contributed by atoms with van der Waals surface area (Å²) in [5.41, 5.74) is 3.80. The number of aryl methyl sites for hydroxylation is 2. The summed E-state index contributed by atoms with van der Waals surface area (Å²) in [5.74, 6) is 0.412. The van der Waals surface area contributed by atoms with Gasteiger partial charge in [0, 0.05) is 24.7 Å². The molecule has 1 aliphatic heterocycles. The van der Waals surface area contributed by atoms with Gasteiger partial charge in [0.1, 0.15) is 6.04 Å². The third kappa shape index (κ3) is 2.21. The van der Waals surface area contributed by atoms with Crippen molar-refractivity contribution in [1.82, 2.24) is 4.90 Å². The van der Waals surface area contributed by atoms with Crippen LogP contribution in [0.4, 0.5) is 5.69 Å². The van der Waals surface area contributed by atoms with Crippen molar-refractivity contribution in [2.24, 2.45) is 5.92 Å². The van der Waals surface area contributed by atoms with E-state index in [0.717, 1.165) is 31.4 Å². The van der Waals surface area contributed by atoms with Gasteiger partial charge in [-0.3, -0.25) is 9.59 Å². The van der Waals surface area contributed by atoms with Gasteiger partial charge in [0.2, 0.25) is 11.8 Å². The van der Waals surface area contributed by atoms with Crippen LogP contribution in [0.1, 0.15) is 37.3 Å².